The van der Waals surface area contributed by atoms with Gasteiger partial charge in [-0.1, -0.05) is 6.92 Å². The lowest BCUT2D eigenvalue weighted by atomic mass is 9.96. The predicted molar refractivity (Wildman–Crippen MR) is 67.8 cm³/mol. The number of likely N-dealkylation sites (tertiary alicyclic amines) is 1. The maximum atomic E-state index is 12.3. The zero-order valence-corrected chi connectivity index (χ0v) is 10.9. The molecular weight excluding hydrogens is 250 g/mol. The average molecular weight is 267 g/mol. The van der Waals surface area contributed by atoms with Crippen LogP contribution in [-0.4, -0.2) is 44.6 Å². The second-order valence-corrected chi connectivity index (χ2v) is 5.04. The highest BCUT2D eigenvalue weighted by atomic mass is 16.6. The summed E-state index contributed by atoms with van der Waals surface area (Å²) in [6, 6.07) is 1.29. The van der Waals surface area contributed by atoms with Crippen LogP contribution >= 0.6 is 0 Å². The lowest BCUT2D eigenvalue weighted by Gasteiger charge is -2.34. The Morgan fingerprint density at radius 2 is 2.26 bits per heavy atom. The first-order valence-corrected chi connectivity index (χ1v) is 6.18. The second-order valence-electron chi connectivity index (χ2n) is 5.04. The number of aryl methyl sites for hydroxylation is 1. The largest absolute Gasteiger partial charge is 0.393 e. The fourth-order valence-corrected chi connectivity index (χ4v) is 2.34. The minimum Gasteiger partial charge on any atom is -0.393 e. The molecule has 0 saturated carbocycles. The van der Waals surface area contributed by atoms with Gasteiger partial charge in [0.05, 0.1) is 17.2 Å². The Hall–Kier alpha value is -1.89. The lowest BCUT2D eigenvalue weighted by molar-refractivity contribution is -0.384. The van der Waals surface area contributed by atoms with Crippen LogP contribution in [0.5, 0.6) is 0 Å². The van der Waals surface area contributed by atoms with Crippen molar-refractivity contribution in [2.24, 2.45) is 13.0 Å². The van der Waals surface area contributed by atoms with E-state index in [-0.39, 0.29) is 23.6 Å². The Balaban J connectivity index is 2.18. The monoisotopic (exact) mass is 267 g/mol. The number of carbonyl (C=O) groups excluding carboxylic acids is 1. The van der Waals surface area contributed by atoms with Crippen molar-refractivity contribution in [3.63, 3.8) is 0 Å². The Kier molecular flexibility index (Phi) is 3.57. The maximum Gasteiger partial charge on any atom is 0.287 e. The number of nitro groups is 1. The van der Waals surface area contributed by atoms with Crippen molar-refractivity contribution in [1.82, 2.24) is 9.47 Å². The van der Waals surface area contributed by atoms with Crippen LogP contribution in [0.1, 0.15) is 23.8 Å². The smallest absolute Gasteiger partial charge is 0.287 e. The van der Waals surface area contributed by atoms with Gasteiger partial charge in [0.2, 0.25) is 0 Å². The molecule has 0 radical (unpaired) electrons. The van der Waals surface area contributed by atoms with E-state index in [1.807, 2.05) is 6.92 Å². The van der Waals surface area contributed by atoms with Crippen molar-refractivity contribution < 1.29 is 14.8 Å². The summed E-state index contributed by atoms with van der Waals surface area (Å²) in [6.07, 6.45) is 1.49. The van der Waals surface area contributed by atoms with Crippen molar-refractivity contribution in [3.05, 3.63) is 28.1 Å². The Morgan fingerprint density at radius 3 is 2.79 bits per heavy atom. The molecule has 0 aliphatic carbocycles. The Labute approximate surface area is 110 Å². The number of aromatic nitrogens is 1. The first kappa shape index (κ1) is 13.5. The number of aliphatic hydroxyl groups is 1. The molecule has 19 heavy (non-hydrogen) atoms. The highest BCUT2D eigenvalue weighted by Gasteiger charge is 2.29. The highest BCUT2D eigenvalue weighted by molar-refractivity contribution is 5.93. The molecule has 1 amide bonds. The molecule has 1 saturated heterocycles. The fraction of sp³-hybridized carbons (Fsp3) is 0.583. The van der Waals surface area contributed by atoms with Gasteiger partial charge in [0.25, 0.3) is 11.6 Å². The molecule has 7 nitrogen and oxygen atoms in total. The Morgan fingerprint density at radius 1 is 1.58 bits per heavy atom. The summed E-state index contributed by atoms with van der Waals surface area (Å²) in [4.78, 5) is 24.1. The number of piperidine rings is 1. The van der Waals surface area contributed by atoms with Gasteiger partial charge in [-0.05, 0) is 12.3 Å². The topological polar surface area (TPSA) is 88.6 Å². The van der Waals surface area contributed by atoms with E-state index in [2.05, 4.69) is 0 Å². The molecule has 2 heterocycles. The lowest BCUT2D eigenvalue weighted by Crippen LogP contribution is -2.45. The molecule has 1 N–H and O–H groups in total. The number of amides is 1. The number of hydrogen-bond acceptors (Lipinski definition) is 4. The molecule has 2 rings (SSSR count). The summed E-state index contributed by atoms with van der Waals surface area (Å²) >= 11 is 0. The van der Waals surface area contributed by atoms with Crippen molar-refractivity contribution in [1.29, 1.82) is 0 Å². The van der Waals surface area contributed by atoms with E-state index >= 15 is 0 Å². The normalized spacial score (nSPS) is 23.4. The summed E-state index contributed by atoms with van der Waals surface area (Å²) < 4.78 is 1.47. The molecule has 1 aliphatic rings. The molecule has 1 aromatic rings. The van der Waals surface area contributed by atoms with Crippen LogP contribution in [0.2, 0.25) is 0 Å². The van der Waals surface area contributed by atoms with Crippen LogP contribution in [0.4, 0.5) is 5.69 Å². The number of hydrogen-bond donors (Lipinski definition) is 1. The van der Waals surface area contributed by atoms with Gasteiger partial charge >= 0.3 is 0 Å². The van der Waals surface area contributed by atoms with Crippen LogP contribution in [-0.2, 0) is 7.05 Å². The number of aliphatic hydroxyl groups excluding tert-OH is 1. The van der Waals surface area contributed by atoms with Crippen LogP contribution in [0.25, 0.3) is 0 Å². The fourth-order valence-electron chi connectivity index (χ4n) is 2.34. The van der Waals surface area contributed by atoms with Crippen LogP contribution in [0, 0.1) is 16.0 Å². The van der Waals surface area contributed by atoms with Gasteiger partial charge < -0.3 is 14.6 Å². The average Bonchev–Trinajstić information content (AvgIpc) is 2.74. The third-order valence-corrected chi connectivity index (χ3v) is 3.57. The summed E-state index contributed by atoms with van der Waals surface area (Å²) in [5.74, 6) is -0.206. The molecule has 2 unspecified atom stereocenters. The van der Waals surface area contributed by atoms with Crippen LogP contribution in [0.15, 0.2) is 12.3 Å². The van der Waals surface area contributed by atoms with E-state index in [0.29, 0.717) is 25.2 Å². The molecule has 1 fully saturated rings. The number of nitrogens with zero attached hydrogens (tertiary/aromatic N) is 3. The highest BCUT2D eigenvalue weighted by Crippen LogP contribution is 2.21. The summed E-state index contributed by atoms with van der Waals surface area (Å²) in [5.41, 5.74) is 0.214. The molecule has 1 aliphatic heterocycles. The first-order valence-electron chi connectivity index (χ1n) is 6.18. The zero-order chi connectivity index (χ0) is 14.2. The van der Waals surface area contributed by atoms with E-state index < -0.39 is 4.92 Å². The van der Waals surface area contributed by atoms with Gasteiger partial charge in [-0.2, -0.15) is 0 Å². The Bertz CT molecular complexity index is 511. The van der Waals surface area contributed by atoms with E-state index in [0.717, 1.165) is 0 Å². The molecule has 104 valence electrons. The summed E-state index contributed by atoms with van der Waals surface area (Å²) in [6.45, 7) is 2.83. The standard InChI is InChI=1S/C12H17N3O4/c1-8-6-14(4-3-11(8)16)12(17)10-5-9(15(18)19)7-13(10)2/h5,7-8,11,16H,3-4,6H2,1-2H3. The van der Waals surface area contributed by atoms with Gasteiger partial charge in [0, 0.05) is 26.2 Å². The third-order valence-electron chi connectivity index (χ3n) is 3.57. The molecule has 0 spiro atoms. The van der Waals surface area contributed by atoms with Gasteiger partial charge in [0.1, 0.15) is 5.69 Å². The van der Waals surface area contributed by atoms with Crippen molar-refractivity contribution in [2.75, 3.05) is 13.1 Å². The zero-order valence-electron chi connectivity index (χ0n) is 10.9. The van der Waals surface area contributed by atoms with Gasteiger partial charge in [-0.3, -0.25) is 14.9 Å². The second kappa shape index (κ2) is 5.00. The molecule has 0 bridgehead atoms. The quantitative estimate of drug-likeness (QED) is 0.633. The molecule has 7 heteroatoms. The minimum atomic E-state index is -0.515. The molecule has 1 aromatic heterocycles. The first-order chi connectivity index (χ1) is 8.90. The van der Waals surface area contributed by atoms with Gasteiger partial charge in [-0.15, -0.1) is 0 Å². The summed E-state index contributed by atoms with van der Waals surface area (Å²) in [7, 11) is 1.61. The van der Waals surface area contributed by atoms with Crippen molar-refractivity contribution in [3.8, 4) is 0 Å². The third kappa shape index (κ3) is 2.60. The van der Waals surface area contributed by atoms with E-state index in [9.17, 15) is 20.0 Å². The predicted octanol–water partition coefficient (Wildman–Crippen LogP) is 0.776. The maximum absolute atomic E-state index is 12.3. The van der Waals surface area contributed by atoms with Crippen LogP contribution in [0.3, 0.4) is 0 Å². The van der Waals surface area contributed by atoms with E-state index in [4.69, 9.17) is 0 Å². The summed E-state index contributed by atoms with van der Waals surface area (Å²) in [5, 5.41) is 20.3. The SMILES string of the molecule is CC1CN(C(=O)c2cc([N+](=O)[O-])cn2C)CCC1O. The molecule has 0 aromatic carbocycles. The van der Waals surface area contributed by atoms with E-state index in [1.54, 1.807) is 11.9 Å². The van der Waals surface area contributed by atoms with Crippen molar-refractivity contribution in [2.45, 2.75) is 19.4 Å². The van der Waals surface area contributed by atoms with Gasteiger partial charge in [0.15, 0.2) is 0 Å². The van der Waals surface area contributed by atoms with Crippen molar-refractivity contribution >= 4 is 11.6 Å². The number of carbonyl (C=O) groups is 1. The van der Waals surface area contributed by atoms with Crippen LogP contribution < -0.4 is 0 Å². The molecule has 2 atom stereocenters. The van der Waals surface area contributed by atoms with Gasteiger partial charge in [-0.25, -0.2) is 0 Å². The minimum absolute atomic E-state index is 0.0213. The molecular formula is C12H17N3O4. The van der Waals surface area contributed by atoms with E-state index in [1.165, 1.54) is 16.8 Å². The number of rotatable bonds is 2.